The Hall–Kier alpha value is -0.471. The minimum atomic E-state index is -0.869. The Labute approximate surface area is 104 Å². The molecule has 0 spiro atoms. The fourth-order valence-corrected chi connectivity index (χ4v) is 5.12. The zero-order valence-electron chi connectivity index (χ0n) is 8.23. The first kappa shape index (κ1) is 11.0. The van der Waals surface area contributed by atoms with Crippen LogP contribution in [0.25, 0.3) is 0 Å². The van der Waals surface area contributed by atoms with Crippen molar-refractivity contribution in [2.45, 2.75) is 3.93 Å². The van der Waals surface area contributed by atoms with Crippen LogP contribution >= 0.6 is 8.92 Å². The van der Waals surface area contributed by atoms with E-state index in [-0.39, 0.29) is 0 Å². The van der Waals surface area contributed by atoms with Crippen molar-refractivity contribution in [3.8, 4) is 0 Å². The second kappa shape index (κ2) is 5.57. The average molecular weight is 321 g/mol. The Morgan fingerprint density at radius 2 is 1.13 bits per heavy atom. The Morgan fingerprint density at radius 1 is 0.733 bits per heavy atom. The van der Waals surface area contributed by atoms with Crippen molar-refractivity contribution in [3.05, 3.63) is 71.8 Å². The van der Waals surface area contributed by atoms with E-state index >= 15 is 0 Å². The Morgan fingerprint density at radius 3 is 1.47 bits per heavy atom. The predicted octanol–water partition coefficient (Wildman–Crippen LogP) is 3.63. The predicted molar refractivity (Wildman–Crippen MR) is 66.3 cm³/mol. The van der Waals surface area contributed by atoms with Gasteiger partial charge in [-0.15, -0.1) is 0 Å². The second-order valence-electron chi connectivity index (χ2n) is 3.36. The van der Waals surface area contributed by atoms with Gasteiger partial charge in [-0.3, -0.25) is 0 Å². The van der Waals surface area contributed by atoms with Crippen LogP contribution in [0.3, 0.4) is 0 Å². The standard InChI is InChI=1S/C13H11.ClH.Sn/c1-3-7-12(8-4-1)11-13-9-5-2-6-10-13;;/h1-11H;1H;/q;;+1/p-1. The van der Waals surface area contributed by atoms with Crippen LogP contribution in [0.15, 0.2) is 60.7 Å². The summed E-state index contributed by atoms with van der Waals surface area (Å²) in [6.07, 6.45) is 0. The molecule has 2 radical (unpaired) electrons. The summed E-state index contributed by atoms with van der Waals surface area (Å²) in [6, 6.07) is 21.1. The van der Waals surface area contributed by atoms with E-state index in [1.807, 2.05) is 12.1 Å². The molecule has 0 aliphatic heterocycles. The molecule has 0 unspecified atom stereocenters. The molecule has 0 saturated carbocycles. The molecule has 0 bridgehead atoms. The summed E-state index contributed by atoms with van der Waals surface area (Å²) in [4.78, 5) is 0. The first-order valence-corrected chi connectivity index (χ1v) is 10.1. The van der Waals surface area contributed by atoms with Gasteiger partial charge in [0.1, 0.15) is 0 Å². The van der Waals surface area contributed by atoms with Crippen LogP contribution in [0.5, 0.6) is 0 Å². The van der Waals surface area contributed by atoms with Gasteiger partial charge in [0, 0.05) is 0 Å². The summed E-state index contributed by atoms with van der Waals surface area (Å²) in [5.74, 6) is 0. The van der Waals surface area contributed by atoms with Crippen molar-refractivity contribution < 1.29 is 0 Å². The second-order valence-corrected chi connectivity index (χ2v) is 7.10. The summed E-state index contributed by atoms with van der Waals surface area (Å²) in [5, 5.41) is 0. The Kier molecular flexibility index (Phi) is 4.09. The first-order chi connectivity index (χ1) is 7.42. The molecule has 0 atom stereocenters. The van der Waals surface area contributed by atoms with Crippen molar-refractivity contribution in [1.82, 2.24) is 0 Å². The van der Waals surface area contributed by atoms with Gasteiger partial charge in [-0.1, -0.05) is 0 Å². The van der Waals surface area contributed by atoms with Crippen LogP contribution in [-0.2, 0) is 0 Å². The van der Waals surface area contributed by atoms with Gasteiger partial charge in [0.05, 0.1) is 0 Å². The van der Waals surface area contributed by atoms with E-state index in [9.17, 15) is 0 Å². The molecule has 0 saturated heterocycles. The molecule has 0 aliphatic rings. The Balaban J connectivity index is 2.34. The van der Waals surface area contributed by atoms with Gasteiger partial charge in [-0.25, -0.2) is 0 Å². The molecule has 2 rings (SSSR count). The molecule has 0 nitrogen and oxygen atoms in total. The Bertz CT molecular complexity index is 360. The number of hydrogen-bond donors (Lipinski definition) is 0. The molecule has 0 aliphatic carbocycles. The summed E-state index contributed by atoms with van der Waals surface area (Å²) in [5.41, 5.74) is 2.70. The molecular formula is C13H11ClSn. The fraction of sp³-hybridized carbons (Fsp3) is 0.0769. The van der Waals surface area contributed by atoms with Crippen molar-refractivity contribution in [1.29, 1.82) is 0 Å². The SMILES string of the molecule is [Cl][Sn][CH](c1ccccc1)c1ccccc1. The van der Waals surface area contributed by atoms with Crippen LogP contribution in [0, 0.1) is 0 Å². The average Bonchev–Trinajstić information content (AvgIpc) is 2.33. The maximum absolute atomic E-state index is 6.21. The number of benzene rings is 2. The zero-order chi connectivity index (χ0) is 10.5. The third kappa shape index (κ3) is 2.76. The van der Waals surface area contributed by atoms with E-state index < -0.39 is 20.0 Å². The number of rotatable bonds is 3. The third-order valence-electron chi connectivity index (χ3n) is 2.37. The van der Waals surface area contributed by atoms with Crippen LogP contribution in [0.1, 0.15) is 15.1 Å². The first-order valence-electron chi connectivity index (χ1n) is 4.88. The maximum atomic E-state index is 6.21. The molecule has 0 heterocycles. The van der Waals surface area contributed by atoms with Crippen LogP contribution in [0.4, 0.5) is 0 Å². The number of halogens is 1. The third-order valence-corrected chi connectivity index (χ3v) is 6.36. The van der Waals surface area contributed by atoms with Gasteiger partial charge in [-0.05, 0) is 0 Å². The summed E-state index contributed by atoms with van der Waals surface area (Å²) in [7, 11) is 6.21. The molecule has 0 aromatic heterocycles. The van der Waals surface area contributed by atoms with Gasteiger partial charge in [0.2, 0.25) is 0 Å². The monoisotopic (exact) mass is 322 g/mol. The van der Waals surface area contributed by atoms with Gasteiger partial charge in [-0.2, -0.15) is 0 Å². The molecule has 0 N–H and O–H groups in total. The summed E-state index contributed by atoms with van der Waals surface area (Å²) in [6.45, 7) is 0. The van der Waals surface area contributed by atoms with Crippen molar-refractivity contribution >= 4 is 28.9 Å². The molecule has 2 aromatic carbocycles. The minimum absolute atomic E-state index is 0.470. The normalized spacial score (nSPS) is 10.5. The molecule has 15 heavy (non-hydrogen) atoms. The van der Waals surface area contributed by atoms with E-state index in [4.69, 9.17) is 8.92 Å². The molecule has 0 fully saturated rings. The van der Waals surface area contributed by atoms with Crippen LogP contribution in [-0.4, -0.2) is 20.0 Å². The van der Waals surface area contributed by atoms with Gasteiger partial charge in [0.25, 0.3) is 0 Å². The summed E-state index contributed by atoms with van der Waals surface area (Å²) < 4.78 is 0.470. The molecular weight excluding hydrogens is 310 g/mol. The van der Waals surface area contributed by atoms with E-state index in [0.29, 0.717) is 3.93 Å². The van der Waals surface area contributed by atoms with Gasteiger partial charge < -0.3 is 0 Å². The molecule has 0 amide bonds. The van der Waals surface area contributed by atoms with Crippen molar-refractivity contribution in [2.75, 3.05) is 0 Å². The molecule has 2 aromatic rings. The summed E-state index contributed by atoms with van der Waals surface area (Å²) >= 11 is -0.869. The number of hydrogen-bond acceptors (Lipinski definition) is 0. The van der Waals surface area contributed by atoms with Gasteiger partial charge in [0.15, 0.2) is 0 Å². The molecule has 74 valence electrons. The van der Waals surface area contributed by atoms with Crippen LogP contribution in [0.2, 0.25) is 0 Å². The van der Waals surface area contributed by atoms with Crippen LogP contribution < -0.4 is 0 Å². The van der Waals surface area contributed by atoms with Crippen molar-refractivity contribution in [2.24, 2.45) is 0 Å². The van der Waals surface area contributed by atoms with Gasteiger partial charge >= 0.3 is 105 Å². The van der Waals surface area contributed by atoms with E-state index in [1.165, 1.54) is 11.1 Å². The van der Waals surface area contributed by atoms with E-state index in [1.54, 1.807) is 0 Å². The molecule has 2 heteroatoms. The van der Waals surface area contributed by atoms with Crippen molar-refractivity contribution in [3.63, 3.8) is 0 Å². The fourth-order valence-electron chi connectivity index (χ4n) is 1.61. The zero-order valence-corrected chi connectivity index (χ0v) is 11.8. The quantitative estimate of drug-likeness (QED) is 0.757. The topological polar surface area (TPSA) is 0 Å². The van der Waals surface area contributed by atoms with E-state index in [2.05, 4.69) is 48.5 Å². The van der Waals surface area contributed by atoms with E-state index in [0.717, 1.165) is 0 Å².